The van der Waals surface area contributed by atoms with Crippen molar-refractivity contribution in [3.05, 3.63) is 77.1 Å². The first-order valence-electron chi connectivity index (χ1n) is 8.46. The van der Waals surface area contributed by atoms with E-state index in [1.807, 2.05) is 59.6 Å². The molecule has 1 aliphatic rings. The number of rotatable bonds is 3. The van der Waals surface area contributed by atoms with E-state index in [4.69, 9.17) is 16.3 Å². The Morgan fingerprint density at radius 3 is 2.81 bits per heavy atom. The summed E-state index contributed by atoms with van der Waals surface area (Å²) in [7, 11) is 0. The molecular formula is C20H18ClN3O2. The van der Waals surface area contributed by atoms with Crippen LogP contribution in [-0.2, 0) is 4.74 Å². The summed E-state index contributed by atoms with van der Waals surface area (Å²) in [4.78, 5) is 14.8. The molecule has 5 nitrogen and oxygen atoms in total. The quantitative estimate of drug-likeness (QED) is 0.762. The van der Waals surface area contributed by atoms with Crippen LogP contribution in [0.1, 0.15) is 22.0 Å². The smallest absolute Gasteiger partial charge is 0.254 e. The minimum atomic E-state index is -0.137. The molecule has 132 valence electrons. The second kappa shape index (κ2) is 7.32. The van der Waals surface area contributed by atoms with Gasteiger partial charge in [0.05, 0.1) is 19.3 Å². The first-order valence-corrected chi connectivity index (χ1v) is 8.84. The first-order chi connectivity index (χ1) is 12.7. The Morgan fingerprint density at radius 1 is 1.19 bits per heavy atom. The van der Waals surface area contributed by atoms with Gasteiger partial charge in [-0.3, -0.25) is 9.89 Å². The lowest BCUT2D eigenvalue weighted by molar-refractivity contribution is -0.0228. The maximum absolute atomic E-state index is 13.0. The average molecular weight is 368 g/mol. The third-order valence-electron chi connectivity index (χ3n) is 4.54. The average Bonchev–Trinajstić information content (AvgIpc) is 3.23. The predicted molar refractivity (Wildman–Crippen MR) is 100 cm³/mol. The molecule has 1 unspecified atom stereocenters. The van der Waals surface area contributed by atoms with Crippen LogP contribution in [0.25, 0.3) is 11.1 Å². The van der Waals surface area contributed by atoms with Crippen LogP contribution < -0.4 is 0 Å². The molecule has 0 aliphatic carbocycles. The SMILES string of the molecule is O=C(c1cccc(-c2cn[nH]c2)c1)N1CCOC(c2ccc(Cl)cc2)C1. The number of ether oxygens (including phenoxy) is 1. The predicted octanol–water partition coefficient (Wildman–Crippen LogP) is 3.94. The summed E-state index contributed by atoms with van der Waals surface area (Å²) in [5.74, 6) is 0.0117. The largest absolute Gasteiger partial charge is 0.370 e. The monoisotopic (exact) mass is 367 g/mol. The van der Waals surface area contributed by atoms with Crippen molar-refractivity contribution in [1.29, 1.82) is 0 Å². The number of carbonyl (C=O) groups excluding carboxylic acids is 1. The Hall–Kier alpha value is -2.63. The Bertz CT molecular complexity index is 894. The van der Waals surface area contributed by atoms with Crippen LogP contribution in [0.2, 0.25) is 5.02 Å². The Labute approximate surface area is 156 Å². The zero-order valence-corrected chi connectivity index (χ0v) is 14.8. The van der Waals surface area contributed by atoms with Gasteiger partial charge in [-0.1, -0.05) is 35.9 Å². The number of carbonyl (C=O) groups is 1. The van der Waals surface area contributed by atoms with Gasteiger partial charge in [0.15, 0.2) is 0 Å². The van der Waals surface area contributed by atoms with Crippen molar-refractivity contribution < 1.29 is 9.53 Å². The lowest BCUT2D eigenvalue weighted by Gasteiger charge is -2.33. The third kappa shape index (κ3) is 3.49. The van der Waals surface area contributed by atoms with E-state index < -0.39 is 0 Å². The van der Waals surface area contributed by atoms with E-state index >= 15 is 0 Å². The van der Waals surface area contributed by atoms with E-state index in [2.05, 4.69) is 10.2 Å². The van der Waals surface area contributed by atoms with Gasteiger partial charge in [-0.05, 0) is 35.4 Å². The Morgan fingerprint density at radius 2 is 2.04 bits per heavy atom. The van der Waals surface area contributed by atoms with Gasteiger partial charge < -0.3 is 9.64 Å². The van der Waals surface area contributed by atoms with E-state index in [0.717, 1.165) is 16.7 Å². The minimum absolute atomic E-state index is 0.0117. The summed E-state index contributed by atoms with van der Waals surface area (Å²) >= 11 is 5.95. The zero-order valence-electron chi connectivity index (χ0n) is 14.1. The molecule has 2 aromatic carbocycles. The standard InChI is InChI=1S/C20H18ClN3O2/c21-18-6-4-14(5-7-18)19-13-24(8-9-26-19)20(25)16-3-1-2-15(10-16)17-11-22-23-12-17/h1-7,10-12,19H,8-9,13H2,(H,22,23). The lowest BCUT2D eigenvalue weighted by Crippen LogP contribution is -2.42. The fourth-order valence-electron chi connectivity index (χ4n) is 3.14. The second-order valence-corrected chi connectivity index (χ2v) is 6.67. The number of hydrogen-bond donors (Lipinski definition) is 1. The molecule has 2 heterocycles. The molecule has 1 aliphatic heterocycles. The van der Waals surface area contributed by atoms with Crippen molar-refractivity contribution >= 4 is 17.5 Å². The van der Waals surface area contributed by atoms with E-state index in [1.54, 1.807) is 6.20 Å². The van der Waals surface area contributed by atoms with Gasteiger partial charge in [-0.2, -0.15) is 5.10 Å². The van der Waals surface area contributed by atoms with Crippen molar-refractivity contribution in [2.75, 3.05) is 19.7 Å². The van der Waals surface area contributed by atoms with Crippen LogP contribution in [0.5, 0.6) is 0 Å². The minimum Gasteiger partial charge on any atom is -0.370 e. The molecule has 3 aromatic rings. The van der Waals surface area contributed by atoms with Crippen molar-refractivity contribution in [2.45, 2.75) is 6.10 Å². The number of aromatic nitrogens is 2. The van der Waals surface area contributed by atoms with E-state index in [-0.39, 0.29) is 12.0 Å². The molecule has 1 aromatic heterocycles. The summed E-state index contributed by atoms with van der Waals surface area (Å²) in [6.45, 7) is 1.62. The fraction of sp³-hybridized carbons (Fsp3) is 0.200. The van der Waals surface area contributed by atoms with E-state index in [9.17, 15) is 4.79 Å². The number of amides is 1. The molecule has 0 saturated carbocycles. The molecular weight excluding hydrogens is 350 g/mol. The van der Waals surface area contributed by atoms with E-state index in [0.29, 0.717) is 30.3 Å². The fourth-order valence-corrected chi connectivity index (χ4v) is 3.26. The topological polar surface area (TPSA) is 58.2 Å². The van der Waals surface area contributed by atoms with Gasteiger partial charge in [0.2, 0.25) is 0 Å². The number of hydrogen-bond acceptors (Lipinski definition) is 3. The number of nitrogens with one attached hydrogen (secondary N) is 1. The van der Waals surface area contributed by atoms with Crippen LogP contribution in [0, 0.1) is 0 Å². The van der Waals surface area contributed by atoms with Gasteiger partial charge in [0.1, 0.15) is 6.10 Å². The maximum Gasteiger partial charge on any atom is 0.254 e. The van der Waals surface area contributed by atoms with Crippen molar-refractivity contribution in [2.24, 2.45) is 0 Å². The molecule has 1 atom stereocenters. The lowest BCUT2D eigenvalue weighted by atomic mass is 10.0. The molecule has 0 spiro atoms. The van der Waals surface area contributed by atoms with Gasteiger partial charge in [0.25, 0.3) is 5.91 Å². The molecule has 0 bridgehead atoms. The van der Waals surface area contributed by atoms with Crippen molar-refractivity contribution in [3.63, 3.8) is 0 Å². The summed E-state index contributed by atoms with van der Waals surface area (Å²) in [5, 5.41) is 7.45. The van der Waals surface area contributed by atoms with Gasteiger partial charge in [-0.25, -0.2) is 0 Å². The van der Waals surface area contributed by atoms with Crippen molar-refractivity contribution in [3.8, 4) is 11.1 Å². The zero-order chi connectivity index (χ0) is 17.9. The third-order valence-corrected chi connectivity index (χ3v) is 4.79. The highest BCUT2D eigenvalue weighted by molar-refractivity contribution is 6.30. The molecule has 1 N–H and O–H groups in total. The van der Waals surface area contributed by atoms with Gasteiger partial charge in [-0.15, -0.1) is 0 Å². The normalized spacial score (nSPS) is 17.3. The number of aromatic amines is 1. The summed E-state index contributed by atoms with van der Waals surface area (Å²) in [5.41, 5.74) is 3.62. The highest BCUT2D eigenvalue weighted by Crippen LogP contribution is 2.25. The number of benzene rings is 2. The molecule has 1 saturated heterocycles. The molecule has 4 rings (SSSR count). The van der Waals surface area contributed by atoms with Crippen LogP contribution in [-0.4, -0.2) is 40.7 Å². The molecule has 6 heteroatoms. The first kappa shape index (κ1) is 16.8. The van der Waals surface area contributed by atoms with Crippen molar-refractivity contribution in [1.82, 2.24) is 15.1 Å². The number of halogens is 1. The Balaban J connectivity index is 1.52. The van der Waals surface area contributed by atoms with Gasteiger partial charge >= 0.3 is 0 Å². The highest BCUT2D eigenvalue weighted by atomic mass is 35.5. The van der Waals surface area contributed by atoms with Crippen LogP contribution in [0.4, 0.5) is 0 Å². The number of H-pyrrole nitrogens is 1. The van der Waals surface area contributed by atoms with Crippen LogP contribution in [0.3, 0.4) is 0 Å². The highest BCUT2D eigenvalue weighted by Gasteiger charge is 2.26. The maximum atomic E-state index is 13.0. The molecule has 1 fully saturated rings. The van der Waals surface area contributed by atoms with Gasteiger partial charge in [0, 0.05) is 28.9 Å². The van der Waals surface area contributed by atoms with Crippen LogP contribution in [0.15, 0.2) is 60.9 Å². The molecule has 1 amide bonds. The summed E-state index contributed by atoms with van der Waals surface area (Å²) in [6, 6.07) is 15.2. The molecule has 26 heavy (non-hydrogen) atoms. The van der Waals surface area contributed by atoms with E-state index in [1.165, 1.54) is 0 Å². The number of nitrogens with zero attached hydrogens (tertiary/aromatic N) is 2. The van der Waals surface area contributed by atoms with Crippen LogP contribution >= 0.6 is 11.6 Å². The summed E-state index contributed by atoms with van der Waals surface area (Å²) in [6.07, 6.45) is 3.42. The molecule has 0 radical (unpaired) electrons. The second-order valence-electron chi connectivity index (χ2n) is 6.23. The summed E-state index contributed by atoms with van der Waals surface area (Å²) < 4.78 is 5.85. The number of morpholine rings is 1. The Kier molecular flexibility index (Phi) is 4.73.